The number of nitrogens with one attached hydrogen (secondary N) is 2. The number of piperazine rings is 1. The summed E-state index contributed by atoms with van der Waals surface area (Å²) >= 11 is 0. The van der Waals surface area contributed by atoms with Gasteiger partial charge in [0.1, 0.15) is 6.04 Å². The van der Waals surface area contributed by atoms with E-state index in [4.69, 9.17) is 0 Å². The van der Waals surface area contributed by atoms with Crippen LogP contribution in [0.1, 0.15) is 0 Å². The van der Waals surface area contributed by atoms with Gasteiger partial charge in [0.2, 0.25) is 5.95 Å². The standard InChI is InChI=1S/C12H13N5O4.ClH/c18-11(19)10-6-13-3-4-16(10)12-14-8-2-1-7(17(20)21)5-9(8)15-12;/h1-2,5,10,13H,3-4,6H2,(H,14,15)(H,18,19);1H. The van der Waals surface area contributed by atoms with Gasteiger partial charge in [-0.15, -0.1) is 12.4 Å². The van der Waals surface area contributed by atoms with Crippen LogP contribution in [0.5, 0.6) is 0 Å². The highest BCUT2D eigenvalue weighted by molar-refractivity contribution is 5.85. The molecule has 0 amide bonds. The van der Waals surface area contributed by atoms with E-state index in [1.165, 1.54) is 12.1 Å². The molecule has 1 atom stereocenters. The van der Waals surface area contributed by atoms with Gasteiger partial charge < -0.3 is 20.3 Å². The number of non-ortho nitro benzene ring substituents is 1. The Balaban J connectivity index is 0.00000176. The lowest BCUT2D eigenvalue weighted by Gasteiger charge is -2.33. The lowest BCUT2D eigenvalue weighted by atomic mass is 10.2. The highest BCUT2D eigenvalue weighted by Gasteiger charge is 2.30. The molecule has 10 heteroatoms. The van der Waals surface area contributed by atoms with Crippen LogP contribution < -0.4 is 10.2 Å². The van der Waals surface area contributed by atoms with Crippen LogP contribution in [-0.2, 0) is 4.79 Å². The second-order valence-corrected chi connectivity index (χ2v) is 4.77. The number of rotatable bonds is 3. The van der Waals surface area contributed by atoms with Crippen molar-refractivity contribution in [2.75, 3.05) is 24.5 Å². The number of benzene rings is 1. The first-order chi connectivity index (χ1) is 10.1. The van der Waals surface area contributed by atoms with Crippen molar-refractivity contribution in [3.8, 4) is 0 Å². The van der Waals surface area contributed by atoms with E-state index in [1.807, 2.05) is 0 Å². The van der Waals surface area contributed by atoms with Gasteiger partial charge in [0.25, 0.3) is 5.69 Å². The first kappa shape index (κ1) is 16.0. The monoisotopic (exact) mass is 327 g/mol. The molecule has 0 saturated carbocycles. The average molecular weight is 328 g/mol. The lowest BCUT2D eigenvalue weighted by molar-refractivity contribution is -0.384. The van der Waals surface area contributed by atoms with Crippen LogP contribution >= 0.6 is 12.4 Å². The van der Waals surface area contributed by atoms with Crippen LogP contribution in [0.4, 0.5) is 11.6 Å². The number of halogens is 1. The number of H-pyrrole nitrogens is 1. The average Bonchev–Trinajstić information content (AvgIpc) is 2.89. The Hall–Kier alpha value is -2.39. The van der Waals surface area contributed by atoms with Crippen LogP contribution in [0.3, 0.4) is 0 Å². The molecule has 2 heterocycles. The SMILES string of the molecule is Cl.O=C(O)C1CNCCN1c1nc2ccc([N+](=O)[O-])cc2[nH]1. The molecule has 1 aliphatic rings. The fraction of sp³-hybridized carbons (Fsp3) is 0.333. The molecule has 1 aliphatic heterocycles. The van der Waals surface area contributed by atoms with Crippen LogP contribution in [0.15, 0.2) is 18.2 Å². The van der Waals surface area contributed by atoms with Gasteiger partial charge in [0.05, 0.1) is 16.0 Å². The van der Waals surface area contributed by atoms with Gasteiger partial charge in [-0.05, 0) is 6.07 Å². The highest BCUT2D eigenvalue weighted by Crippen LogP contribution is 2.23. The number of carbonyl (C=O) groups is 1. The van der Waals surface area contributed by atoms with E-state index in [0.29, 0.717) is 36.6 Å². The number of imidazole rings is 1. The maximum absolute atomic E-state index is 11.3. The molecule has 0 bridgehead atoms. The third-order valence-corrected chi connectivity index (χ3v) is 3.46. The van der Waals surface area contributed by atoms with Crippen LogP contribution in [-0.4, -0.2) is 51.6 Å². The number of anilines is 1. The van der Waals surface area contributed by atoms with Crippen LogP contribution in [0.25, 0.3) is 11.0 Å². The number of carboxylic acid groups (broad SMARTS) is 1. The molecule has 9 nitrogen and oxygen atoms in total. The zero-order chi connectivity index (χ0) is 15.0. The minimum atomic E-state index is -0.936. The van der Waals surface area contributed by atoms with E-state index in [-0.39, 0.29) is 18.1 Å². The smallest absolute Gasteiger partial charge is 0.327 e. The third kappa shape index (κ3) is 2.81. The molecule has 1 saturated heterocycles. The van der Waals surface area contributed by atoms with Gasteiger partial charge in [0, 0.05) is 31.8 Å². The summed E-state index contributed by atoms with van der Waals surface area (Å²) in [6, 6.07) is 3.60. The minimum absolute atomic E-state index is 0. The van der Waals surface area contributed by atoms with Gasteiger partial charge >= 0.3 is 5.97 Å². The Bertz CT molecular complexity index is 719. The lowest BCUT2D eigenvalue weighted by Crippen LogP contribution is -2.55. The van der Waals surface area contributed by atoms with Crippen molar-refractivity contribution in [3.63, 3.8) is 0 Å². The van der Waals surface area contributed by atoms with Crippen molar-refractivity contribution in [1.82, 2.24) is 15.3 Å². The summed E-state index contributed by atoms with van der Waals surface area (Å²) in [5.41, 5.74) is 1.05. The molecule has 1 aromatic heterocycles. The summed E-state index contributed by atoms with van der Waals surface area (Å²) in [4.78, 5) is 30.5. The van der Waals surface area contributed by atoms with Crippen molar-refractivity contribution < 1.29 is 14.8 Å². The third-order valence-electron chi connectivity index (χ3n) is 3.46. The highest BCUT2D eigenvalue weighted by atomic mass is 35.5. The molecule has 3 rings (SSSR count). The predicted molar refractivity (Wildman–Crippen MR) is 81.6 cm³/mol. The topological polar surface area (TPSA) is 124 Å². The van der Waals surface area contributed by atoms with E-state index in [0.717, 1.165) is 0 Å². The maximum Gasteiger partial charge on any atom is 0.327 e. The van der Waals surface area contributed by atoms with Crippen molar-refractivity contribution in [3.05, 3.63) is 28.3 Å². The molecular weight excluding hydrogens is 314 g/mol. The summed E-state index contributed by atoms with van der Waals surface area (Å²) in [6.07, 6.45) is 0. The number of hydrogen-bond acceptors (Lipinski definition) is 6. The van der Waals surface area contributed by atoms with Crippen LogP contribution in [0, 0.1) is 10.1 Å². The largest absolute Gasteiger partial charge is 0.480 e. The second-order valence-electron chi connectivity index (χ2n) is 4.77. The fourth-order valence-corrected chi connectivity index (χ4v) is 2.41. The summed E-state index contributed by atoms with van der Waals surface area (Å²) in [5, 5.41) is 23.0. The Morgan fingerprint density at radius 3 is 2.95 bits per heavy atom. The minimum Gasteiger partial charge on any atom is -0.480 e. The summed E-state index contributed by atoms with van der Waals surface area (Å²) in [7, 11) is 0. The first-order valence-electron chi connectivity index (χ1n) is 6.40. The Morgan fingerprint density at radius 2 is 2.27 bits per heavy atom. The number of hydrogen-bond donors (Lipinski definition) is 3. The zero-order valence-corrected chi connectivity index (χ0v) is 12.2. The maximum atomic E-state index is 11.3. The van der Waals surface area contributed by atoms with Crippen molar-refractivity contribution in [2.45, 2.75) is 6.04 Å². The normalized spacial score (nSPS) is 18.0. The number of aromatic amines is 1. The fourth-order valence-electron chi connectivity index (χ4n) is 2.41. The number of fused-ring (bicyclic) bond motifs is 1. The number of nitro groups is 1. The summed E-state index contributed by atoms with van der Waals surface area (Å²) in [5.74, 6) is -0.520. The number of aromatic nitrogens is 2. The van der Waals surface area contributed by atoms with Gasteiger partial charge in [-0.2, -0.15) is 0 Å². The molecule has 0 radical (unpaired) electrons. The van der Waals surface area contributed by atoms with Crippen molar-refractivity contribution >= 4 is 41.0 Å². The van der Waals surface area contributed by atoms with Crippen molar-refractivity contribution in [1.29, 1.82) is 0 Å². The number of nitro benzene ring substituents is 1. The quantitative estimate of drug-likeness (QED) is 0.561. The Morgan fingerprint density at radius 1 is 1.50 bits per heavy atom. The predicted octanol–water partition coefficient (Wildman–Crippen LogP) is 0.756. The number of nitrogens with zero attached hydrogens (tertiary/aromatic N) is 3. The molecule has 0 aliphatic carbocycles. The number of carboxylic acids is 1. The summed E-state index contributed by atoms with van der Waals surface area (Å²) < 4.78 is 0. The van der Waals surface area contributed by atoms with E-state index in [2.05, 4.69) is 15.3 Å². The molecular formula is C12H14ClN5O4. The molecule has 0 spiro atoms. The second kappa shape index (κ2) is 6.16. The molecule has 2 aromatic rings. The Labute approximate surface area is 130 Å². The molecule has 22 heavy (non-hydrogen) atoms. The van der Waals surface area contributed by atoms with Gasteiger partial charge in [-0.1, -0.05) is 0 Å². The number of aliphatic carboxylic acids is 1. The van der Waals surface area contributed by atoms with Crippen molar-refractivity contribution in [2.24, 2.45) is 0 Å². The molecule has 1 fully saturated rings. The van der Waals surface area contributed by atoms with Crippen LogP contribution in [0.2, 0.25) is 0 Å². The molecule has 118 valence electrons. The van der Waals surface area contributed by atoms with E-state index in [1.54, 1.807) is 11.0 Å². The van der Waals surface area contributed by atoms with Gasteiger partial charge in [-0.3, -0.25) is 10.1 Å². The van der Waals surface area contributed by atoms with E-state index in [9.17, 15) is 20.0 Å². The molecule has 1 unspecified atom stereocenters. The Kier molecular flexibility index (Phi) is 4.48. The zero-order valence-electron chi connectivity index (χ0n) is 11.4. The van der Waals surface area contributed by atoms with Gasteiger partial charge in [0.15, 0.2) is 0 Å². The first-order valence-corrected chi connectivity index (χ1v) is 6.40. The van der Waals surface area contributed by atoms with Gasteiger partial charge in [-0.25, -0.2) is 9.78 Å². The molecule has 3 N–H and O–H groups in total. The van der Waals surface area contributed by atoms with E-state index < -0.39 is 16.9 Å². The molecule has 1 aromatic carbocycles. The van der Waals surface area contributed by atoms with E-state index >= 15 is 0 Å². The summed E-state index contributed by atoms with van der Waals surface area (Å²) in [6.45, 7) is 1.48.